The average Bonchev–Trinajstić information content (AvgIpc) is 3.16. The van der Waals surface area contributed by atoms with Gasteiger partial charge in [-0.25, -0.2) is 0 Å². The van der Waals surface area contributed by atoms with E-state index in [0.29, 0.717) is 0 Å². The first-order valence-corrected chi connectivity index (χ1v) is 8.30. The van der Waals surface area contributed by atoms with Crippen LogP contribution in [0.25, 0.3) is 0 Å². The predicted molar refractivity (Wildman–Crippen MR) is 86.3 cm³/mol. The molecule has 0 radical (unpaired) electrons. The SMILES string of the molecule is c1ccc(C2CCN(CCNCc3cccs3)C2)cc1. The lowest BCUT2D eigenvalue weighted by atomic mass is 9.99. The number of hydrogen-bond donors (Lipinski definition) is 1. The molecule has 1 aromatic carbocycles. The van der Waals surface area contributed by atoms with E-state index in [1.807, 2.05) is 11.3 Å². The molecule has 0 amide bonds. The van der Waals surface area contributed by atoms with Crippen molar-refractivity contribution in [2.24, 2.45) is 0 Å². The highest BCUT2D eigenvalue weighted by atomic mass is 32.1. The van der Waals surface area contributed by atoms with Crippen molar-refractivity contribution in [3.63, 3.8) is 0 Å². The van der Waals surface area contributed by atoms with Crippen molar-refractivity contribution in [3.05, 3.63) is 58.3 Å². The zero-order valence-corrected chi connectivity index (χ0v) is 12.6. The monoisotopic (exact) mass is 286 g/mol. The molecule has 0 aliphatic carbocycles. The van der Waals surface area contributed by atoms with Crippen LogP contribution in [0.5, 0.6) is 0 Å². The summed E-state index contributed by atoms with van der Waals surface area (Å²) in [6.45, 7) is 5.70. The highest BCUT2D eigenvalue weighted by molar-refractivity contribution is 7.09. The van der Waals surface area contributed by atoms with Crippen LogP contribution in [-0.2, 0) is 6.54 Å². The quantitative estimate of drug-likeness (QED) is 0.820. The van der Waals surface area contributed by atoms with Gasteiger partial charge in [-0.15, -0.1) is 11.3 Å². The fourth-order valence-corrected chi connectivity index (χ4v) is 3.57. The van der Waals surface area contributed by atoms with E-state index in [2.05, 4.69) is 58.1 Å². The first-order valence-electron chi connectivity index (χ1n) is 7.42. The topological polar surface area (TPSA) is 15.3 Å². The van der Waals surface area contributed by atoms with Gasteiger partial charge < -0.3 is 10.2 Å². The number of nitrogens with one attached hydrogen (secondary N) is 1. The fourth-order valence-electron chi connectivity index (χ4n) is 2.89. The van der Waals surface area contributed by atoms with Gasteiger partial charge in [0.1, 0.15) is 0 Å². The van der Waals surface area contributed by atoms with Crippen molar-refractivity contribution >= 4 is 11.3 Å². The number of nitrogens with zero attached hydrogens (tertiary/aromatic N) is 1. The summed E-state index contributed by atoms with van der Waals surface area (Å²) in [5, 5.41) is 5.68. The second-order valence-electron chi connectivity index (χ2n) is 5.45. The number of rotatable bonds is 6. The van der Waals surface area contributed by atoms with Crippen LogP contribution in [0.1, 0.15) is 22.8 Å². The fraction of sp³-hybridized carbons (Fsp3) is 0.412. The van der Waals surface area contributed by atoms with Gasteiger partial charge in [-0.3, -0.25) is 0 Å². The molecular weight excluding hydrogens is 264 g/mol. The Labute approximate surface area is 125 Å². The second kappa shape index (κ2) is 7.02. The Morgan fingerprint density at radius 2 is 2.05 bits per heavy atom. The van der Waals surface area contributed by atoms with Crippen molar-refractivity contribution in [1.29, 1.82) is 0 Å². The van der Waals surface area contributed by atoms with E-state index in [1.54, 1.807) is 0 Å². The number of likely N-dealkylation sites (tertiary alicyclic amines) is 1. The first-order chi connectivity index (χ1) is 9.92. The van der Waals surface area contributed by atoms with E-state index in [4.69, 9.17) is 0 Å². The highest BCUT2D eigenvalue weighted by Crippen LogP contribution is 2.26. The van der Waals surface area contributed by atoms with Crippen LogP contribution in [0.4, 0.5) is 0 Å². The summed E-state index contributed by atoms with van der Waals surface area (Å²) in [6.07, 6.45) is 1.30. The molecule has 1 aliphatic rings. The lowest BCUT2D eigenvalue weighted by Crippen LogP contribution is -2.30. The largest absolute Gasteiger partial charge is 0.311 e. The molecule has 3 heteroatoms. The average molecular weight is 286 g/mol. The van der Waals surface area contributed by atoms with E-state index < -0.39 is 0 Å². The maximum absolute atomic E-state index is 3.54. The van der Waals surface area contributed by atoms with Gasteiger partial charge >= 0.3 is 0 Å². The Hall–Kier alpha value is -1.16. The van der Waals surface area contributed by atoms with E-state index >= 15 is 0 Å². The maximum atomic E-state index is 3.54. The zero-order valence-electron chi connectivity index (χ0n) is 11.8. The zero-order chi connectivity index (χ0) is 13.6. The molecule has 3 rings (SSSR count). The Morgan fingerprint density at radius 3 is 2.85 bits per heavy atom. The smallest absolute Gasteiger partial charge is 0.0300 e. The van der Waals surface area contributed by atoms with Gasteiger partial charge in [0.05, 0.1) is 0 Å². The van der Waals surface area contributed by atoms with Gasteiger partial charge in [-0.1, -0.05) is 36.4 Å². The Balaban J connectivity index is 1.38. The van der Waals surface area contributed by atoms with Gasteiger partial charge in [0.15, 0.2) is 0 Å². The number of benzene rings is 1. The minimum absolute atomic E-state index is 0.730. The molecule has 2 aromatic rings. The molecule has 1 fully saturated rings. The normalized spacial score (nSPS) is 19.5. The van der Waals surface area contributed by atoms with Crippen LogP contribution in [0, 0.1) is 0 Å². The third kappa shape index (κ3) is 3.69. The van der Waals surface area contributed by atoms with Crippen LogP contribution in [0.3, 0.4) is 0 Å². The van der Waals surface area contributed by atoms with Gasteiger partial charge in [-0.2, -0.15) is 0 Å². The molecule has 2 heterocycles. The van der Waals surface area contributed by atoms with Crippen LogP contribution in [0.2, 0.25) is 0 Å². The molecule has 1 N–H and O–H groups in total. The third-order valence-corrected chi connectivity index (χ3v) is 4.90. The summed E-state index contributed by atoms with van der Waals surface area (Å²) < 4.78 is 0. The van der Waals surface area contributed by atoms with Crippen molar-refractivity contribution in [1.82, 2.24) is 10.2 Å². The van der Waals surface area contributed by atoms with E-state index in [-0.39, 0.29) is 0 Å². The maximum Gasteiger partial charge on any atom is 0.0300 e. The predicted octanol–water partition coefficient (Wildman–Crippen LogP) is 3.33. The summed E-state index contributed by atoms with van der Waals surface area (Å²) >= 11 is 1.83. The van der Waals surface area contributed by atoms with Crippen LogP contribution in [0.15, 0.2) is 47.8 Å². The lowest BCUT2D eigenvalue weighted by Gasteiger charge is -2.16. The van der Waals surface area contributed by atoms with Crippen molar-refractivity contribution < 1.29 is 0 Å². The Kier molecular flexibility index (Phi) is 4.85. The second-order valence-corrected chi connectivity index (χ2v) is 6.49. The molecule has 106 valence electrons. The van der Waals surface area contributed by atoms with Crippen molar-refractivity contribution in [2.75, 3.05) is 26.2 Å². The van der Waals surface area contributed by atoms with E-state index in [0.717, 1.165) is 25.6 Å². The number of thiophene rings is 1. The molecule has 0 spiro atoms. The molecule has 1 saturated heterocycles. The van der Waals surface area contributed by atoms with Crippen LogP contribution < -0.4 is 5.32 Å². The summed E-state index contributed by atoms with van der Waals surface area (Å²) in [4.78, 5) is 4.01. The highest BCUT2D eigenvalue weighted by Gasteiger charge is 2.22. The summed E-state index contributed by atoms with van der Waals surface area (Å²) in [6, 6.07) is 15.3. The van der Waals surface area contributed by atoms with Crippen LogP contribution in [-0.4, -0.2) is 31.1 Å². The van der Waals surface area contributed by atoms with Gasteiger partial charge in [0, 0.05) is 31.1 Å². The van der Waals surface area contributed by atoms with Crippen molar-refractivity contribution in [3.8, 4) is 0 Å². The minimum Gasteiger partial charge on any atom is -0.311 e. The minimum atomic E-state index is 0.730. The molecule has 20 heavy (non-hydrogen) atoms. The van der Waals surface area contributed by atoms with E-state index in [9.17, 15) is 0 Å². The molecular formula is C17H22N2S. The molecule has 0 saturated carbocycles. The molecule has 1 aliphatic heterocycles. The molecule has 2 nitrogen and oxygen atoms in total. The van der Waals surface area contributed by atoms with Gasteiger partial charge in [-0.05, 0) is 35.9 Å². The van der Waals surface area contributed by atoms with Crippen LogP contribution >= 0.6 is 11.3 Å². The number of hydrogen-bond acceptors (Lipinski definition) is 3. The summed E-state index contributed by atoms with van der Waals surface area (Å²) in [5.41, 5.74) is 1.50. The summed E-state index contributed by atoms with van der Waals surface area (Å²) in [5.74, 6) is 0.730. The lowest BCUT2D eigenvalue weighted by molar-refractivity contribution is 0.331. The van der Waals surface area contributed by atoms with Gasteiger partial charge in [0.2, 0.25) is 0 Å². The van der Waals surface area contributed by atoms with Gasteiger partial charge in [0.25, 0.3) is 0 Å². The molecule has 1 unspecified atom stereocenters. The molecule has 1 atom stereocenters. The van der Waals surface area contributed by atoms with Crippen molar-refractivity contribution in [2.45, 2.75) is 18.9 Å². The molecule has 0 bridgehead atoms. The third-order valence-electron chi connectivity index (χ3n) is 4.03. The standard InChI is InChI=1S/C17H22N2S/c1-2-5-15(6-3-1)16-8-10-19(14-16)11-9-18-13-17-7-4-12-20-17/h1-7,12,16,18H,8-11,13-14H2. The van der Waals surface area contributed by atoms with E-state index in [1.165, 1.54) is 30.0 Å². The Morgan fingerprint density at radius 1 is 1.15 bits per heavy atom. The summed E-state index contributed by atoms with van der Waals surface area (Å²) in [7, 11) is 0. The molecule has 1 aromatic heterocycles. The first kappa shape index (κ1) is 13.8. The Bertz CT molecular complexity index is 495.